The zero-order valence-electron chi connectivity index (χ0n) is 13.1. The largest absolute Gasteiger partial charge is 0.467 e. The molecule has 4 nitrogen and oxygen atoms in total. The van der Waals surface area contributed by atoms with Crippen molar-refractivity contribution in [1.82, 2.24) is 5.32 Å². The monoisotopic (exact) mass is 331 g/mol. The predicted octanol–water partition coefficient (Wildman–Crippen LogP) is 3.10. The van der Waals surface area contributed by atoms with E-state index in [1.165, 1.54) is 19.2 Å². The third-order valence-electron chi connectivity index (χ3n) is 3.29. The summed E-state index contributed by atoms with van der Waals surface area (Å²) in [6.07, 6.45) is -2.69. The maximum Gasteiger partial charge on any atom is 0.416 e. The quantitative estimate of drug-likeness (QED) is 0.781. The molecule has 0 heterocycles. The lowest BCUT2D eigenvalue weighted by atomic mass is 10.1. The molecule has 23 heavy (non-hydrogen) atoms. The fraction of sp³-hybridized carbons (Fsp3) is 0.500. The number of amides is 1. The van der Waals surface area contributed by atoms with Gasteiger partial charge in [-0.3, -0.25) is 4.79 Å². The summed E-state index contributed by atoms with van der Waals surface area (Å²) in [7, 11) is 1.22. The first-order valence-electron chi connectivity index (χ1n) is 7.31. The second-order valence-corrected chi connectivity index (χ2v) is 5.16. The summed E-state index contributed by atoms with van der Waals surface area (Å²) in [6.45, 7) is 1.94. The van der Waals surface area contributed by atoms with Gasteiger partial charge in [0.25, 0.3) is 0 Å². The molecule has 0 saturated carbocycles. The number of nitrogens with one attached hydrogen (secondary N) is 1. The Hall–Kier alpha value is -2.05. The molecular formula is C16H20F3NO3. The van der Waals surface area contributed by atoms with Crippen LogP contribution in [-0.2, 0) is 26.9 Å². The Balaban J connectivity index is 2.72. The average Bonchev–Trinajstić information content (AvgIpc) is 2.50. The number of halogens is 3. The Kier molecular flexibility index (Phi) is 7.06. The van der Waals surface area contributed by atoms with Gasteiger partial charge in [0.05, 0.1) is 19.1 Å². The van der Waals surface area contributed by atoms with Crippen LogP contribution in [-0.4, -0.2) is 25.0 Å². The van der Waals surface area contributed by atoms with Crippen molar-refractivity contribution in [2.24, 2.45) is 0 Å². The van der Waals surface area contributed by atoms with Gasteiger partial charge in [0.2, 0.25) is 5.91 Å². The van der Waals surface area contributed by atoms with E-state index in [0.717, 1.165) is 25.0 Å². The Morgan fingerprint density at radius 2 is 2.00 bits per heavy atom. The molecule has 1 atom stereocenters. The van der Waals surface area contributed by atoms with E-state index in [0.29, 0.717) is 6.42 Å². The molecule has 0 aliphatic carbocycles. The number of carbonyl (C=O) groups is 2. The Bertz CT molecular complexity index is 544. The van der Waals surface area contributed by atoms with Crippen LogP contribution >= 0.6 is 0 Å². The zero-order valence-corrected chi connectivity index (χ0v) is 13.1. The summed E-state index contributed by atoms with van der Waals surface area (Å²) in [4.78, 5) is 23.6. The summed E-state index contributed by atoms with van der Waals surface area (Å²) >= 11 is 0. The number of esters is 1. The van der Waals surface area contributed by atoms with Crippen LogP contribution in [0.15, 0.2) is 24.3 Å². The minimum Gasteiger partial charge on any atom is -0.467 e. The van der Waals surface area contributed by atoms with E-state index < -0.39 is 29.7 Å². The Labute approximate surface area is 133 Å². The van der Waals surface area contributed by atoms with Crippen LogP contribution in [0.1, 0.15) is 37.3 Å². The molecule has 0 aromatic heterocycles. The molecule has 0 saturated heterocycles. The van der Waals surface area contributed by atoms with Crippen molar-refractivity contribution in [1.29, 1.82) is 0 Å². The number of carbonyl (C=O) groups excluding carboxylic acids is 2. The van der Waals surface area contributed by atoms with Gasteiger partial charge < -0.3 is 10.1 Å². The molecule has 0 fully saturated rings. The van der Waals surface area contributed by atoms with Gasteiger partial charge in [-0.15, -0.1) is 0 Å². The summed E-state index contributed by atoms with van der Waals surface area (Å²) in [5.41, 5.74) is -0.574. The normalized spacial score (nSPS) is 12.6. The molecule has 0 aliphatic rings. The molecule has 1 aromatic carbocycles. The van der Waals surface area contributed by atoms with Gasteiger partial charge in [0.15, 0.2) is 0 Å². The van der Waals surface area contributed by atoms with Gasteiger partial charge in [-0.05, 0) is 18.1 Å². The van der Waals surface area contributed by atoms with Crippen LogP contribution < -0.4 is 5.32 Å². The maximum atomic E-state index is 12.6. The van der Waals surface area contributed by atoms with Crippen molar-refractivity contribution >= 4 is 11.9 Å². The SMILES string of the molecule is CCCC[C@@H](NC(=O)Cc1cccc(C(F)(F)F)c1)C(=O)OC. The molecule has 1 aromatic rings. The van der Waals surface area contributed by atoms with Crippen molar-refractivity contribution in [3.63, 3.8) is 0 Å². The van der Waals surface area contributed by atoms with Gasteiger partial charge in [-0.25, -0.2) is 4.79 Å². The maximum absolute atomic E-state index is 12.6. The lowest BCUT2D eigenvalue weighted by molar-refractivity contribution is -0.145. The van der Waals surface area contributed by atoms with Crippen molar-refractivity contribution in [2.45, 2.75) is 44.8 Å². The standard InChI is InChI=1S/C16H20F3NO3/c1-3-4-8-13(15(22)23-2)20-14(21)10-11-6-5-7-12(9-11)16(17,18)19/h5-7,9,13H,3-4,8,10H2,1-2H3,(H,20,21)/t13-/m1/s1. The first-order valence-corrected chi connectivity index (χ1v) is 7.31. The molecule has 0 aliphatic heterocycles. The van der Waals surface area contributed by atoms with Crippen LogP contribution in [0.2, 0.25) is 0 Å². The van der Waals surface area contributed by atoms with Crippen molar-refractivity contribution in [3.05, 3.63) is 35.4 Å². The molecule has 0 unspecified atom stereocenters. The minimum absolute atomic E-state index is 0.233. The van der Waals surface area contributed by atoms with E-state index in [1.807, 2.05) is 6.92 Å². The van der Waals surface area contributed by atoms with Gasteiger partial charge in [-0.2, -0.15) is 13.2 Å². The molecular weight excluding hydrogens is 311 g/mol. The number of rotatable bonds is 7. The van der Waals surface area contributed by atoms with Gasteiger partial charge in [0, 0.05) is 0 Å². The van der Waals surface area contributed by atoms with Crippen LogP contribution in [0.4, 0.5) is 13.2 Å². The van der Waals surface area contributed by atoms with Crippen LogP contribution in [0.25, 0.3) is 0 Å². The minimum atomic E-state index is -4.46. The number of hydrogen-bond acceptors (Lipinski definition) is 3. The predicted molar refractivity (Wildman–Crippen MR) is 78.6 cm³/mol. The summed E-state index contributed by atoms with van der Waals surface area (Å²) in [5, 5.41) is 2.51. The van der Waals surface area contributed by atoms with E-state index >= 15 is 0 Å². The second-order valence-electron chi connectivity index (χ2n) is 5.16. The fourth-order valence-corrected chi connectivity index (χ4v) is 2.09. The fourth-order valence-electron chi connectivity index (χ4n) is 2.09. The lowest BCUT2D eigenvalue weighted by Crippen LogP contribution is -2.42. The molecule has 1 N–H and O–H groups in total. The van der Waals surface area contributed by atoms with E-state index in [9.17, 15) is 22.8 Å². The van der Waals surface area contributed by atoms with Gasteiger partial charge in [-0.1, -0.05) is 38.0 Å². The van der Waals surface area contributed by atoms with Crippen LogP contribution in [0.3, 0.4) is 0 Å². The number of hydrogen-bond donors (Lipinski definition) is 1. The first kappa shape index (κ1) is 19.0. The molecule has 0 radical (unpaired) electrons. The van der Waals surface area contributed by atoms with Crippen LogP contribution in [0.5, 0.6) is 0 Å². The Morgan fingerprint density at radius 3 is 2.57 bits per heavy atom. The highest BCUT2D eigenvalue weighted by atomic mass is 19.4. The number of methoxy groups -OCH3 is 1. The van der Waals surface area contributed by atoms with E-state index in [4.69, 9.17) is 0 Å². The number of unbranched alkanes of at least 4 members (excludes halogenated alkanes) is 1. The summed E-state index contributed by atoms with van der Waals surface area (Å²) in [5.74, 6) is -1.08. The average molecular weight is 331 g/mol. The third kappa shape index (κ3) is 6.30. The zero-order chi connectivity index (χ0) is 17.5. The topological polar surface area (TPSA) is 55.4 Å². The van der Waals surface area contributed by atoms with E-state index in [-0.39, 0.29) is 12.0 Å². The smallest absolute Gasteiger partial charge is 0.416 e. The van der Waals surface area contributed by atoms with Crippen molar-refractivity contribution in [3.8, 4) is 0 Å². The molecule has 1 rings (SSSR count). The third-order valence-corrected chi connectivity index (χ3v) is 3.29. The number of alkyl halides is 3. The number of ether oxygens (including phenoxy) is 1. The first-order chi connectivity index (χ1) is 10.8. The molecule has 0 bridgehead atoms. The molecule has 7 heteroatoms. The van der Waals surface area contributed by atoms with Crippen molar-refractivity contribution in [2.75, 3.05) is 7.11 Å². The highest BCUT2D eigenvalue weighted by molar-refractivity contribution is 5.85. The second kappa shape index (κ2) is 8.55. The molecule has 1 amide bonds. The summed E-state index contributed by atoms with van der Waals surface area (Å²) < 4.78 is 42.6. The van der Waals surface area contributed by atoms with Crippen molar-refractivity contribution < 1.29 is 27.5 Å². The number of benzene rings is 1. The lowest BCUT2D eigenvalue weighted by Gasteiger charge is -2.16. The highest BCUT2D eigenvalue weighted by Crippen LogP contribution is 2.29. The van der Waals surface area contributed by atoms with E-state index in [2.05, 4.69) is 10.1 Å². The van der Waals surface area contributed by atoms with E-state index in [1.54, 1.807) is 0 Å². The molecule has 128 valence electrons. The van der Waals surface area contributed by atoms with Gasteiger partial charge in [0.1, 0.15) is 6.04 Å². The van der Waals surface area contributed by atoms with Crippen LogP contribution in [0, 0.1) is 0 Å². The summed E-state index contributed by atoms with van der Waals surface area (Å²) in [6, 6.07) is 3.78. The van der Waals surface area contributed by atoms with Gasteiger partial charge >= 0.3 is 12.1 Å². The highest BCUT2D eigenvalue weighted by Gasteiger charge is 2.30. The Morgan fingerprint density at radius 1 is 1.30 bits per heavy atom. The molecule has 0 spiro atoms.